The van der Waals surface area contributed by atoms with Crippen molar-refractivity contribution in [2.45, 2.75) is 19.9 Å². The number of hydrogen-bond donors (Lipinski definition) is 1. The van der Waals surface area contributed by atoms with Crippen LogP contribution < -0.4 is 10.2 Å². The molecule has 0 saturated heterocycles. The van der Waals surface area contributed by atoms with E-state index in [0.717, 1.165) is 11.5 Å². The summed E-state index contributed by atoms with van der Waals surface area (Å²) < 4.78 is 14.9. The monoisotopic (exact) mass is 383 g/mol. The highest BCUT2D eigenvalue weighted by Gasteiger charge is 2.16. The van der Waals surface area contributed by atoms with Gasteiger partial charge in [0.15, 0.2) is 5.82 Å². The number of carbonyl (C=O) groups is 1. The first kappa shape index (κ1) is 19.7. The molecule has 0 aliphatic carbocycles. The number of fused-ring (bicyclic) bond motifs is 1. The van der Waals surface area contributed by atoms with Crippen LogP contribution in [0.3, 0.4) is 0 Å². The summed E-state index contributed by atoms with van der Waals surface area (Å²) in [6.45, 7) is 5.31. The van der Waals surface area contributed by atoms with Crippen LogP contribution in [0.5, 0.6) is 0 Å². The first-order valence-electron chi connectivity index (χ1n) is 9.31. The minimum absolute atomic E-state index is 0.156. The summed E-state index contributed by atoms with van der Waals surface area (Å²) in [7, 11) is 3.72. The molecule has 148 valence electrons. The number of halogens is 1. The number of nitrogens with zero attached hydrogens (tertiary/aromatic N) is 4. The second-order valence-electron chi connectivity index (χ2n) is 7.19. The Morgan fingerprint density at radius 1 is 1.21 bits per heavy atom. The fourth-order valence-corrected chi connectivity index (χ4v) is 3.09. The number of pyridine rings is 1. The quantitative estimate of drug-likeness (QED) is 0.698. The van der Waals surface area contributed by atoms with Crippen molar-refractivity contribution in [1.29, 1.82) is 0 Å². The van der Waals surface area contributed by atoms with Crippen LogP contribution in [0.25, 0.3) is 10.9 Å². The third-order valence-corrected chi connectivity index (χ3v) is 4.55. The molecular weight excluding hydrogens is 357 g/mol. The van der Waals surface area contributed by atoms with Crippen molar-refractivity contribution in [3.05, 3.63) is 54.6 Å². The van der Waals surface area contributed by atoms with Gasteiger partial charge in [0, 0.05) is 51.0 Å². The number of amides is 1. The molecule has 2 aromatic heterocycles. The lowest BCUT2D eigenvalue weighted by Gasteiger charge is -2.25. The molecular formula is C21H26FN5O. The molecule has 0 fully saturated rings. The van der Waals surface area contributed by atoms with E-state index < -0.39 is 0 Å². The third-order valence-electron chi connectivity index (χ3n) is 4.55. The van der Waals surface area contributed by atoms with Gasteiger partial charge < -0.3 is 15.1 Å². The Labute approximate surface area is 164 Å². The number of carbonyl (C=O) groups excluding carboxylic acids is 1. The Balaban J connectivity index is 1.68. The van der Waals surface area contributed by atoms with Gasteiger partial charge in [-0.15, -0.1) is 0 Å². The lowest BCUT2D eigenvalue weighted by molar-refractivity contribution is 0.212. The normalized spacial score (nSPS) is 11.1. The molecule has 2 heterocycles. The van der Waals surface area contributed by atoms with E-state index in [1.807, 2.05) is 24.1 Å². The molecule has 0 aliphatic heterocycles. The Morgan fingerprint density at radius 2 is 2.00 bits per heavy atom. The highest BCUT2D eigenvalue weighted by molar-refractivity contribution is 5.91. The summed E-state index contributed by atoms with van der Waals surface area (Å²) in [6.07, 6.45) is 3.44. The van der Waals surface area contributed by atoms with Crippen LogP contribution >= 0.6 is 0 Å². The summed E-state index contributed by atoms with van der Waals surface area (Å²) >= 11 is 0. The van der Waals surface area contributed by atoms with Gasteiger partial charge in [-0.1, -0.05) is 0 Å². The highest BCUT2D eigenvalue weighted by atomic mass is 19.1. The predicted molar refractivity (Wildman–Crippen MR) is 112 cm³/mol. The number of rotatable bonds is 6. The smallest absolute Gasteiger partial charge is 0.328 e. The lowest BCUT2D eigenvalue weighted by Crippen LogP contribution is -2.37. The van der Waals surface area contributed by atoms with Crippen molar-refractivity contribution in [2.75, 3.05) is 37.4 Å². The van der Waals surface area contributed by atoms with Crippen molar-refractivity contribution in [3.8, 4) is 0 Å². The van der Waals surface area contributed by atoms with Crippen molar-refractivity contribution < 1.29 is 9.18 Å². The zero-order valence-corrected chi connectivity index (χ0v) is 16.7. The fourth-order valence-electron chi connectivity index (χ4n) is 3.09. The molecule has 0 aliphatic rings. The molecule has 7 heteroatoms. The topological polar surface area (TPSA) is 53.4 Å². The minimum Gasteiger partial charge on any atom is -0.380 e. The minimum atomic E-state index is -0.311. The van der Waals surface area contributed by atoms with Crippen molar-refractivity contribution in [2.24, 2.45) is 0 Å². The zero-order valence-electron chi connectivity index (χ0n) is 16.7. The Bertz CT molecular complexity index is 968. The summed E-state index contributed by atoms with van der Waals surface area (Å²) in [4.78, 5) is 21.0. The molecule has 0 radical (unpaired) electrons. The van der Waals surface area contributed by atoms with Gasteiger partial charge in [0.25, 0.3) is 0 Å². The number of likely N-dealkylation sites (N-methyl/N-ethyl adjacent to an activating group) is 2. The first-order chi connectivity index (χ1) is 13.4. The summed E-state index contributed by atoms with van der Waals surface area (Å²) in [5.74, 6) is 0.535. The fraction of sp³-hybridized carbons (Fsp3) is 0.333. The molecule has 0 saturated carbocycles. The second-order valence-corrected chi connectivity index (χ2v) is 7.19. The summed E-state index contributed by atoms with van der Waals surface area (Å²) in [5, 5.41) is 4.10. The molecule has 1 amide bonds. The van der Waals surface area contributed by atoms with E-state index >= 15 is 0 Å². The highest BCUT2D eigenvalue weighted by Crippen LogP contribution is 2.22. The second kappa shape index (κ2) is 8.29. The van der Waals surface area contributed by atoms with Crippen LogP contribution in [0.4, 0.5) is 20.7 Å². The van der Waals surface area contributed by atoms with Crippen LogP contribution in [-0.4, -0.2) is 53.7 Å². The van der Waals surface area contributed by atoms with E-state index in [-0.39, 0.29) is 11.8 Å². The van der Waals surface area contributed by atoms with Gasteiger partial charge in [-0.3, -0.25) is 4.57 Å². The van der Waals surface area contributed by atoms with Gasteiger partial charge in [0.2, 0.25) is 0 Å². The van der Waals surface area contributed by atoms with E-state index in [4.69, 9.17) is 0 Å². The molecule has 6 nitrogen and oxygen atoms in total. The SMILES string of the molecule is CC(C)Nc1cccnc1N(C)CCN(C)C(=O)n1ccc2cc(F)ccc21. The van der Waals surface area contributed by atoms with E-state index in [0.29, 0.717) is 30.0 Å². The van der Waals surface area contributed by atoms with Crippen LogP contribution in [0, 0.1) is 5.82 Å². The number of benzene rings is 1. The van der Waals surface area contributed by atoms with Crippen LogP contribution in [-0.2, 0) is 0 Å². The van der Waals surface area contributed by atoms with Crippen molar-refractivity contribution >= 4 is 28.4 Å². The van der Waals surface area contributed by atoms with Crippen molar-refractivity contribution in [1.82, 2.24) is 14.5 Å². The molecule has 3 rings (SSSR count). The molecule has 1 N–H and O–H groups in total. The van der Waals surface area contributed by atoms with Crippen LogP contribution in [0.15, 0.2) is 48.8 Å². The van der Waals surface area contributed by atoms with E-state index in [1.165, 1.54) is 12.1 Å². The molecule has 0 spiro atoms. The number of hydrogen-bond acceptors (Lipinski definition) is 4. The Kier molecular flexibility index (Phi) is 5.82. The Morgan fingerprint density at radius 3 is 2.75 bits per heavy atom. The predicted octanol–water partition coefficient (Wildman–Crippen LogP) is 4.03. The molecule has 0 bridgehead atoms. The summed E-state index contributed by atoms with van der Waals surface area (Å²) in [6, 6.07) is 10.2. The van der Waals surface area contributed by atoms with E-state index in [2.05, 4.69) is 24.1 Å². The number of aromatic nitrogens is 2. The van der Waals surface area contributed by atoms with Crippen molar-refractivity contribution in [3.63, 3.8) is 0 Å². The van der Waals surface area contributed by atoms with Gasteiger partial charge >= 0.3 is 6.03 Å². The summed E-state index contributed by atoms with van der Waals surface area (Å²) in [5.41, 5.74) is 1.66. The Hall–Kier alpha value is -3.09. The maximum atomic E-state index is 13.4. The number of nitrogens with one attached hydrogen (secondary N) is 1. The molecule has 3 aromatic rings. The van der Waals surface area contributed by atoms with Gasteiger partial charge in [0.05, 0.1) is 11.2 Å². The van der Waals surface area contributed by atoms with E-state index in [9.17, 15) is 9.18 Å². The zero-order chi connectivity index (χ0) is 20.3. The maximum absolute atomic E-state index is 13.4. The third kappa shape index (κ3) is 4.24. The molecule has 1 aromatic carbocycles. The van der Waals surface area contributed by atoms with E-state index in [1.54, 1.807) is 41.0 Å². The average molecular weight is 383 g/mol. The molecule has 28 heavy (non-hydrogen) atoms. The standard InChI is InChI=1S/C21H26FN5O/c1-15(2)24-18-6-5-10-23-20(18)25(3)12-13-26(4)21(28)27-11-9-16-14-17(22)7-8-19(16)27/h5-11,14-15,24H,12-13H2,1-4H3. The first-order valence-corrected chi connectivity index (χ1v) is 9.31. The van der Waals surface area contributed by atoms with Gasteiger partial charge in [0.1, 0.15) is 5.82 Å². The van der Waals surface area contributed by atoms with Gasteiger partial charge in [-0.2, -0.15) is 0 Å². The van der Waals surface area contributed by atoms with Gasteiger partial charge in [-0.05, 0) is 50.2 Å². The van der Waals surface area contributed by atoms with Crippen LogP contribution in [0.2, 0.25) is 0 Å². The van der Waals surface area contributed by atoms with Gasteiger partial charge in [-0.25, -0.2) is 14.2 Å². The maximum Gasteiger partial charge on any atom is 0.328 e. The molecule has 0 unspecified atom stereocenters. The lowest BCUT2D eigenvalue weighted by atomic mass is 10.2. The molecule has 0 atom stereocenters. The largest absolute Gasteiger partial charge is 0.380 e. The number of anilines is 2. The van der Waals surface area contributed by atoms with Crippen LogP contribution in [0.1, 0.15) is 13.8 Å². The average Bonchev–Trinajstić information content (AvgIpc) is 3.08.